The first kappa shape index (κ1) is 25.3. The molecule has 2 aliphatic carbocycles. The molecule has 5 rings (SSSR count). The van der Waals surface area contributed by atoms with Gasteiger partial charge in [-0.05, 0) is 62.0 Å². The van der Waals surface area contributed by atoms with Gasteiger partial charge in [-0.2, -0.15) is 13.2 Å². The van der Waals surface area contributed by atoms with Crippen molar-refractivity contribution >= 4 is 5.91 Å². The van der Waals surface area contributed by atoms with Crippen LogP contribution in [0.4, 0.5) is 22.0 Å². The Hall–Kier alpha value is -1.77. The molecule has 190 valence electrons. The third-order valence-corrected chi connectivity index (χ3v) is 7.99. The van der Waals surface area contributed by atoms with Gasteiger partial charge < -0.3 is 9.64 Å². The molecule has 0 radical (unpaired) electrons. The quantitative estimate of drug-likeness (QED) is 0.489. The van der Waals surface area contributed by atoms with Crippen molar-refractivity contribution in [3.05, 3.63) is 29.1 Å². The largest absolute Gasteiger partial charge is 0.417 e. The Labute approximate surface area is 197 Å². The molecule has 3 unspecified atom stereocenters. The number of carbonyl (C=O) groups excluding carboxylic acids is 1. The summed E-state index contributed by atoms with van der Waals surface area (Å²) in [5.41, 5.74) is 0.252. The number of pyridine rings is 1. The third kappa shape index (κ3) is 5.24. The second kappa shape index (κ2) is 10.1. The highest BCUT2D eigenvalue weighted by atomic mass is 19.4. The third-order valence-electron chi connectivity index (χ3n) is 7.99. The first-order chi connectivity index (χ1) is 16.1. The van der Waals surface area contributed by atoms with E-state index in [1.165, 1.54) is 6.07 Å². The first-order valence-corrected chi connectivity index (χ1v) is 12.3. The van der Waals surface area contributed by atoms with Crippen LogP contribution in [0.1, 0.15) is 68.7 Å². The van der Waals surface area contributed by atoms with Crippen LogP contribution in [-0.2, 0) is 28.7 Å². The van der Waals surface area contributed by atoms with Gasteiger partial charge in [0.25, 0.3) is 0 Å². The fourth-order valence-electron chi connectivity index (χ4n) is 6.35. The average molecular weight is 489 g/mol. The molecule has 0 aromatic carbocycles. The Balaban J connectivity index is 0.000000257. The molecule has 1 aromatic rings. The summed E-state index contributed by atoms with van der Waals surface area (Å²) < 4.78 is 67.4. The van der Waals surface area contributed by atoms with E-state index in [9.17, 15) is 26.7 Å². The molecule has 3 fully saturated rings. The highest BCUT2D eigenvalue weighted by Crippen LogP contribution is 2.57. The smallest absolute Gasteiger partial charge is 0.381 e. The molecule has 0 N–H and O–H groups in total. The first-order valence-electron chi connectivity index (χ1n) is 12.3. The second-order valence-corrected chi connectivity index (χ2v) is 10.4. The van der Waals surface area contributed by atoms with Crippen LogP contribution in [0.5, 0.6) is 0 Å². The van der Waals surface area contributed by atoms with Crippen molar-refractivity contribution in [3.63, 3.8) is 0 Å². The van der Waals surface area contributed by atoms with Gasteiger partial charge >= 0.3 is 6.18 Å². The van der Waals surface area contributed by atoms with Crippen LogP contribution in [0.2, 0.25) is 0 Å². The zero-order chi connectivity index (χ0) is 24.5. The number of hydrogen-bond donors (Lipinski definition) is 0. The molecule has 34 heavy (non-hydrogen) atoms. The molecule has 0 bridgehead atoms. The van der Waals surface area contributed by atoms with Gasteiger partial charge in [-0.25, -0.2) is 8.78 Å². The minimum Gasteiger partial charge on any atom is -0.381 e. The Morgan fingerprint density at radius 3 is 2.71 bits per heavy atom. The van der Waals surface area contributed by atoms with Crippen molar-refractivity contribution in [1.29, 1.82) is 0 Å². The molecular formula is C25H33F5N2O2. The van der Waals surface area contributed by atoms with Gasteiger partial charge in [-0.3, -0.25) is 9.78 Å². The number of fused-ring (bicyclic) bond motifs is 2. The Bertz CT molecular complexity index is 871. The van der Waals surface area contributed by atoms with Crippen molar-refractivity contribution in [1.82, 2.24) is 9.88 Å². The van der Waals surface area contributed by atoms with Crippen molar-refractivity contribution in [2.24, 2.45) is 23.2 Å². The van der Waals surface area contributed by atoms with E-state index in [1.807, 2.05) is 0 Å². The Kier molecular flexibility index (Phi) is 7.50. The molecule has 2 saturated carbocycles. The lowest BCUT2D eigenvalue weighted by Crippen LogP contribution is -2.46. The maximum absolute atomic E-state index is 13.3. The average Bonchev–Trinajstić information content (AvgIpc) is 3.35. The molecular weight excluding hydrogens is 455 g/mol. The number of nitrogens with zero attached hydrogens (tertiary/aromatic N) is 2. The number of halogens is 5. The molecule has 4 nitrogen and oxygen atoms in total. The second-order valence-electron chi connectivity index (χ2n) is 10.4. The summed E-state index contributed by atoms with van der Waals surface area (Å²) in [7, 11) is 0. The molecule has 4 aliphatic rings. The van der Waals surface area contributed by atoms with E-state index >= 15 is 0 Å². The van der Waals surface area contributed by atoms with E-state index < -0.39 is 24.1 Å². The molecule has 9 heteroatoms. The van der Waals surface area contributed by atoms with Gasteiger partial charge in [0, 0.05) is 43.9 Å². The normalized spacial score (nSPS) is 31.0. The highest BCUT2D eigenvalue weighted by Gasteiger charge is 2.55. The minimum absolute atomic E-state index is 0.169. The molecule has 3 heterocycles. The molecule has 1 amide bonds. The van der Waals surface area contributed by atoms with Gasteiger partial charge in [0.2, 0.25) is 12.3 Å². The highest BCUT2D eigenvalue weighted by molar-refractivity contribution is 5.84. The van der Waals surface area contributed by atoms with E-state index in [0.29, 0.717) is 49.1 Å². The SMILES string of the molecule is CC1CC2CCC[C@@]2(C(=O)N2CCc3ncc(C(F)(F)F)cc3C2)C1.FC(F)C1CCCOC1. The number of amides is 1. The Morgan fingerprint density at radius 2 is 2.06 bits per heavy atom. The molecule has 1 saturated heterocycles. The molecule has 2 aliphatic heterocycles. The summed E-state index contributed by atoms with van der Waals surface area (Å²) in [5, 5.41) is 0. The van der Waals surface area contributed by atoms with E-state index in [1.54, 1.807) is 4.90 Å². The predicted molar refractivity (Wildman–Crippen MR) is 116 cm³/mol. The predicted octanol–water partition coefficient (Wildman–Crippen LogP) is 5.88. The summed E-state index contributed by atoms with van der Waals surface area (Å²) >= 11 is 0. The lowest BCUT2D eigenvalue weighted by Gasteiger charge is -2.37. The van der Waals surface area contributed by atoms with Gasteiger partial charge in [0.1, 0.15) is 0 Å². The number of aromatic nitrogens is 1. The summed E-state index contributed by atoms with van der Waals surface area (Å²) in [5.74, 6) is 0.682. The zero-order valence-corrected chi connectivity index (χ0v) is 19.6. The zero-order valence-electron chi connectivity index (χ0n) is 19.6. The molecule has 0 spiro atoms. The standard InChI is InChI=1S/C19H23F3N2O.C6H10F2O/c1-12-7-14-3-2-5-18(14,9-12)17(25)24-6-4-16-13(11-24)8-15(10-23-16)19(20,21)22;7-6(8)5-2-1-3-9-4-5/h8,10,12,14H,2-7,9,11H2,1H3;5-6H,1-4H2/t12?,14?,18-;/m1./s1. The van der Waals surface area contributed by atoms with E-state index in [0.717, 1.165) is 44.7 Å². The minimum atomic E-state index is -4.40. The van der Waals surface area contributed by atoms with Gasteiger partial charge in [0.15, 0.2) is 0 Å². The summed E-state index contributed by atoms with van der Waals surface area (Å²) in [6.07, 6.45) is 1.44. The summed E-state index contributed by atoms with van der Waals surface area (Å²) in [4.78, 5) is 19.1. The topological polar surface area (TPSA) is 42.4 Å². The number of carbonyl (C=O) groups is 1. The fraction of sp³-hybridized carbons (Fsp3) is 0.760. The van der Waals surface area contributed by atoms with Crippen LogP contribution in [0, 0.1) is 23.2 Å². The molecule has 1 aromatic heterocycles. The lowest BCUT2D eigenvalue weighted by molar-refractivity contribution is -0.144. The van der Waals surface area contributed by atoms with E-state index in [4.69, 9.17) is 4.74 Å². The number of ether oxygens (including phenoxy) is 1. The van der Waals surface area contributed by atoms with Crippen LogP contribution < -0.4 is 0 Å². The number of alkyl halides is 5. The maximum atomic E-state index is 13.3. The fourth-order valence-corrected chi connectivity index (χ4v) is 6.35. The maximum Gasteiger partial charge on any atom is 0.417 e. The van der Waals surface area contributed by atoms with Gasteiger partial charge in [0.05, 0.1) is 17.6 Å². The summed E-state index contributed by atoms with van der Waals surface area (Å²) in [6, 6.07) is 1.17. The van der Waals surface area contributed by atoms with Crippen LogP contribution >= 0.6 is 0 Å². The van der Waals surface area contributed by atoms with Crippen molar-refractivity contribution in [2.75, 3.05) is 19.8 Å². The van der Waals surface area contributed by atoms with Crippen molar-refractivity contribution in [3.8, 4) is 0 Å². The molecule has 4 atom stereocenters. The monoisotopic (exact) mass is 488 g/mol. The number of rotatable bonds is 2. The van der Waals surface area contributed by atoms with Gasteiger partial charge in [-0.1, -0.05) is 13.3 Å². The van der Waals surface area contributed by atoms with Gasteiger partial charge in [-0.15, -0.1) is 0 Å². The van der Waals surface area contributed by atoms with Crippen LogP contribution in [-0.4, -0.2) is 42.0 Å². The van der Waals surface area contributed by atoms with E-state index in [-0.39, 0.29) is 24.5 Å². The van der Waals surface area contributed by atoms with Crippen LogP contribution in [0.3, 0.4) is 0 Å². The lowest BCUT2D eigenvalue weighted by atomic mass is 9.78. The van der Waals surface area contributed by atoms with Crippen molar-refractivity contribution in [2.45, 2.75) is 77.4 Å². The van der Waals surface area contributed by atoms with Crippen molar-refractivity contribution < 1.29 is 31.5 Å². The summed E-state index contributed by atoms with van der Waals surface area (Å²) in [6.45, 7) is 3.93. The number of hydrogen-bond acceptors (Lipinski definition) is 3. The van der Waals surface area contributed by atoms with E-state index in [2.05, 4.69) is 11.9 Å². The van der Waals surface area contributed by atoms with Crippen LogP contribution in [0.25, 0.3) is 0 Å². The van der Waals surface area contributed by atoms with Crippen LogP contribution in [0.15, 0.2) is 12.3 Å². The Morgan fingerprint density at radius 1 is 1.26 bits per heavy atom.